The van der Waals surface area contributed by atoms with Gasteiger partial charge in [-0.05, 0) is 50.8 Å². The van der Waals surface area contributed by atoms with Crippen LogP contribution in [0, 0.1) is 5.92 Å². The highest BCUT2D eigenvalue weighted by atomic mass is 16.2. The number of anilines is 1. The Morgan fingerprint density at radius 1 is 1.21 bits per heavy atom. The molecule has 5 heteroatoms. The molecule has 0 radical (unpaired) electrons. The molecule has 1 atom stereocenters. The standard InChI is InChI=1S/C19H29N3O2/c1-5-22(15(4)14(2)3)19(24)20-17-10-8-9-16(13-17)18(23)21-11-6-7-12-21/h8-10,13-15H,5-7,11-12H2,1-4H3,(H,20,24). The Kier molecular flexibility index (Phi) is 6.23. The molecular weight excluding hydrogens is 302 g/mol. The number of hydrogen-bond acceptors (Lipinski definition) is 2. The Bertz CT molecular complexity index is 580. The number of nitrogens with zero attached hydrogens (tertiary/aromatic N) is 2. The van der Waals surface area contributed by atoms with E-state index in [1.54, 1.807) is 6.07 Å². The van der Waals surface area contributed by atoms with Gasteiger partial charge in [0, 0.05) is 36.9 Å². The highest BCUT2D eigenvalue weighted by molar-refractivity contribution is 5.97. The number of carbonyl (C=O) groups is 2. The lowest BCUT2D eigenvalue weighted by Gasteiger charge is -2.31. The summed E-state index contributed by atoms with van der Waals surface area (Å²) in [7, 11) is 0. The van der Waals surface area contributed by atoms with Crippen molar-refractivity contribution < 1.29 is 9.59 Å². The fourth-order valence-electron chi connectivity index (χ4n) is 3.00. The summed E-state index contributed by atoms with van der Waals surface area (Å²) in [6.45, 7) is 10.5. The number of urea groups is 1. The molecule has 3 amide bonds. The number of nitrogens with one attached hydrogen (secondary N) is 1. The van der Waals surface area contributed by atoms with Crippen LogP contribution in [0.3, 0.4) is 0 Å². The molecule has 1 aliphatic rings. The average Bonchev–Trinajstić information content (AvgIpc) is 3.09. The largest absolute Gasteiger partial charge is 0.339 e. The van der Waals surface area contributed by atoms with Crippen molar-refractivity contribution in [1.29, 1.82) is 0 Å². The third-order valence-electron chi connectivity index (χ3n) is 4.81. The van der Waals surface area contributed by atoms with Gasteiger partial charge in [-0.15, -0.1) is 0 Å². The highest BCUT2D eigenvalue weighted by Crippen LogP contribution is 2.18. The minimum Gasteiger partial charge on any atom is -0.339 e. The van der Waals surface area contributed by atoms with E-state index in [9.17, 15) is 9.59 Å². The van der Waals surface area contributed by atoms with Gasteiger partial charge in [-0.25, -0.2) is 4.79 Å². The van der Waals surface area contributed by atoms with Gasteiger partial charge in [0.05, 0.1) is 0 Å². The number of carbonyl (C=O) groups excluding carboxylic acids is 2. The first-order valence-corrected chi connectivity index (χ1v) is 8.91. The molecule has 1 aromatic rings. The molecule has 0 saturated carbocycles. The molecule has 0 aliphatic carbocycles. The maximum absolute atomic E-state index is 12.5. The zero-order valence-electron chi connectivity index (χ0n) is 15.2. The van der Waals surface area contributed by atoms with Crippen molar-refractivity contribution in [1.82, 2.24) is 9.80 Å². The molecule has 0 bridgehead atoms. The van der Waals surface area contributed by atoms with Crippen molar-refractivity contribution in [3.63, 3.8) is 0 Å². The second kappa shape index (κ2) is 8.18. The van der Waals surface area contributed by atoms with Crippen LogP contribution >= 0.6 is 0 Å². The average molecular weight is 331 g/mol. The molecule has 24 heavy (non-hydrogen) atoms. The summed E-state index contributed by atoms with van der Waals surface area (Å²) < 4.78 is 0. The Hall–Kier alpha value is -2.04. The summed E-state index contributed by atoms with van der Waals surface area (Å²) in [5.74, 6) is 0.435. The number of benzene rings is 1. The van der Waals surface area contributed by atoms with E-state index in [-0.39, 0.29) is 18.0 Å². The molecular formula is C19H29N3O2. The van der Waals surface area contributed by atoms with E-state index in [1.807, 2.05) is 34.9 Å². The fraction of sp³-hybridized carbons (Fsp3) is 0.579. The quantitative estimate of drug-likeness (QED) is 0.892. The van der Waals surface area contributed by atoms with Crippen LogP contribution in [0.4, 0.5) is 10.5 Å². The van der Waals surface area contributed by atoms with Crippen LogP contribution < -0.4 is 5.32 Å². The van der Waals surface area contributed by atoms with Gasteiger partial charge in [0.25, 0.3) is 5.91 Å². The topological polar surface area (TPSA) is 52.7 Å². The summed E-state index contributed by atoms with van der Waals surface area (Å²) in [6, 6.07) is 7.26. The third-order valence-corrected chi connectivity index (χ3v) is 4.81. The summed E-state index contributed by atoms with van der Waals surface area (Å²) in [5, 5.41) is 2.93. The summed E-state index contributed by atoms with van der Waals surface area (Å²) in [6.07, 6.45) is 2.14. The first kappa shape index (κ1) is 18.3. The van der Waals surface area contributed by atoms with Gasteiger partial charge in [0.1, 0.15) is 0 Å². The van der Waals surface area contributed by atoms with Crippen LogP contribution in [0.25, 0.3) is 0 Å². The van der Waals surface area contributed by atoms with Crippen molar-refractivity contribution in [3.8, 4) is 0 Å². The van der Waals surface area contributed by atoms with Crippen molar-refractivity contribution in [2.75, 3.05) is 25.0 Å². The van der Waals surface area contributed by atoms with Gasteiger partial charge in [-0.3, -0.25) is 4.79 Å². The van der Waals surface area contributed by atoms with Crippen molar-refractivity contribution >= 4 is 17.6 Å². The van der Waals surface area contributed by atoms with Gasteiger partial charge >= 0.3 is 6.03 Å². The van der Waals surface area contributed by atoms with Crippen molar-refractivity contribution in [2.24, 2.45) is 5.92 Å². The van der Waals surface area contributed by atoms with E-state index in [2.05, 4.69) is 26.1 Å². The highest BCUT2D eigenvalue weighted by Gasteiger charge is 2.22. The molecule has 2 rings (SSSR count). The summed E-state index contributed by atoms with van der Waals surface area (Å²) in [4.78, 5) is 28.7. The molecule has 1 aromatic carbocycles. The fourth-order valence-corrected chi connectivity index (χ4v) is 3.00. The van der Waals surface area contributed by atoms with Crippen LogP contribution in [-0.2, 0) is 0 Å². The van der Waals surface area contributed by atoms with Crippen molar-refractivity contribution in [3.05, 3.63) is 29.8 Å². The smallest absolute Gasteiger partial charge is 0.322 e. The lowest BCUT2D eigenvalue weighted by molar-refractivity contribution is 0.0793. The van der Waals surface area contributed by atoms with Crippen molar-refractivity contribution in [2.45, 2.75) is 46.6 Å². The lowest BCUT2D eigenvalue weighted by Crippen LogP contribution is -2.43. The Labute approximate surface area is 145 Å². The molecule has 1 unspecified atom stereocenters. The minimum atomic E-state index is -0.121. The zero-order chi connectivity index (χ0) is 17.7. The Balaban J connectivity index is 2.08. The predicted molar refractivity (Wildman–Crippen MR) is 97.3 cm³/mol. The number of hydrogen-bond donors (Lipinski definition) is 1. The molecule has 1 fully saturated rings. The van der Waals surface area contributed by atoms with Crippen LogP contribution in [0.15, 0.2) is 24.3 Å². The van der Waals surface area contributed by atoms with Gasteiger partial charge in [-0.1, -0.05) is 19.9 Å². The molecule has 132 valence electrons. The van der Waals surface area contributed by atoms with Gasteiger partial charge in [0.2, 0.25) is 0 Å². The molecule has 0 aromatic heterocycles. The molecule has 5 nitrogen and oxygen atoms in total. The minimum absolute atomic E-state index is 0.0477. The summed E-state index contributed by atoms with van der Waals surface area (Å²) >= 11 is 0. The summed E-state index contributed by atoms with van der Waals surface area (Å²) in [5.41, 5.74) is 1.30. The first-order valence-electron chi connectivity index (χ1n) is 8.91. The van der Waals surface area contributed by atoms with E-state index in [1.165, 1.54) is 0 Å². The van der Waals surface area contributed by atoms with Gasteiger partial charge in [-0.2, -0.15) is 0 Å². The van der Waals surface area contributed by atoms with E-state index in [4.69, 9.17) is 0 Å². The maximum atomic E-state index is 12.5. The molecule has 1 heterocycles. The Morgan fingerprint density at radius 2 is 1.88 bits per heavy atom. The first-order chi connectivity index (χ1) is 11.4. The van der Waals surface area contributed by atoms with E-state index >= 15 is 0 Å². The van der Waals surface area contributed by atoms with Crippen LogP contribution in [0.2, 0.25) is 0 Å². The Morgan fingerprint density at radius 3 is 2.46 bits per heavy atom. The van der Waals surface area contributed by atoms with E-state index in [0.717, 1.165) is 25.9 Å². The second-order valence-corrected chi connectivity index (χ2v) is 6.78. The van der Waals surface area contributed by atoms with Gasteiger partial charge < -0.3 is 15.1 Å². The molecule has 1 N–H and O–H groups in total. The SMILES string of the molecule is CCN(C(=O)Nc1cccc(C(=O)N2CCCC2)c1)C(C)C(C)C. The number of amides is 3. The third kappa shape index (κ3) is 4.28. The van der Waals surface area contributed by atoms with Crippen LogP contribution in [0.1, 0.15) is 50.9 Å². The molecule has 0 spiro atoms. The second-order valence-electron chi connectivity index (χ2n) is 6.78. The van der Waals surface area contributed by atoms with E-state index in [0.29, 0.717) is 23.7 Å². The lowest BCUT2D eigenvalue weighted by atomic mass is 10.1. The molecule has 1 aliphatic heterocycles. The van der Waals surface area contributed by atoms with Crippen LogP contribution in [0.5, 0.6) is 0 Å². The van der Waals surface area contributed by atoms with Gasteiger partial charge in [0.15, 0.2) is 0 Å². The molecule has 1 saturated heterocycles. The van der Waals surface area contributed by atoms with Crippen LogP contribution in [-0.4, -0.2) is 47.4 Å². The van der Waals surface area contributed by atoms with E-state index < -0.39 is 0 Å². The predicted octanol–water partition coefficient (Wildman–Crippen LogP) is 3.82. The number of rotatable bonds is 5. The zero-order valence-corrected chi connectivity index (χ0v) is 15.2. The monoisotopic (exact) mass is 331 g/mol. The maximum Gasteiger partial charge on any atom is 0.322 e. The number of likely N-dealkylation sites (tertiary alicyclic amines) is 1. The normalized spacial score (nSPS) is 15.5.